The molecule has 0 spiro atoms. The number of likely N-dealkylation sites (N-methyl/N-ethyl adjacent to an activating group) is 1. The van der Waals surface area contributed by atoms with Crippen molar-refractivity contribution in [2.24, 2.45) is 0 Å². The van der Waals surface area contributed by atoms with Crippen LogP contribution in [0.4, 0.5) is 0 Å². The van der Waals surface area contributed by atoms with Crippen LogP contribution in [-0.4, -0.2) is 32.2 Å². The number of rotatable bonds is 1. The van der Waals surface area contributed by atoms with Crippen molar-refractivity contribution in [3.8, 4) is 0 Å². The lowest BCUT2D eigenvalue weighted by Gasteiger charge is -2.10. The van der Waals surface area contributed by atoms with Crippen LogP contribution in [0.3, 0.4) is 0 Å². The van der Waals surface area contributed by atoms with Crippen LogP contribution in [0.2, 0.25) is 0 Å². The first-order valence-electron chi connectivity index (χ1n) is 2.59. The van der Waals surface area contributed by atoms with E-state index < -0.39 is 0 Å². The monoisotopic (exact) mass is 180 g/mol. The summed E-state index contributed by atoms with van der Waals surface area (Å²) in [5.41, 5.74) is 0. The van der Waals surface area contributed by atoms with Crippen molar-refractivity contribution < 1.29 is 10.4 Å². The van der Waals surface area contributed by atoms with Crippen molar-refractivity contribution >= 4 is 34.4 Å². The Hall–Kier alpha value is -0.300. The third-order valence-electron chi connectivity index (χ3n) is 0.713. The highest BCUT2D eigenvalue weighted by atomic mass is 32.1. The van der Waals surface area contributed by atoms with E-state index in [1.807, 2.05) is 6.92 Å². The van der Waals surface area contributed by atoms with Gasteiger partial charge in [-0.15, -0.1) is 5.23 Å². The summed E-state index contributed by atoms with van der Waals surface area (Å²) in [5.74, 6) is 0. The molecule has 0 aromatic heterocycles. The SMILES string of the molecule is CCNC(=S)C(=S)N(O)O. The summed E-state index contributed by atoms with van der Waals surface area (Å²) in [6.07, 6.45) is 0. The van der Waals surface area contributed by atoms with Gasteiger partial charge < -0.3 is 5.32 Å². The van der Waals surface area contributed by atoms with Crippen LogP contribution in [-0.2, 0) is 0 Å². The standard InChI is InChI=1S/C4H8N2O2S2/c1-2-5-3(9)4(10)6(7)8/h7-8H,2H2,1H3,(H,5,9). The van der Waals surface area contributed by atoms with Gasteiger partial charge in [0.2, 0.25) is 0 Å². The van der Waals surface area contributed by atoms with E-state index in [-0.39, 0.29) is 15.2 Å². The number of hydroxylamine groups is 2. The van der Waals surface area contributed by atoms with Gasteiger partial charge in [-0.25, -0.2) is 0 Å². The van der Waals surface area contributed by atoms with Crippen LogP contribution < -0.4 is 5.32 Å². The van der Waals surface area contributed by atoms with Crippen molar-refractivity contribution in [3.63, 3.8) is 0 Å². The highest BCUT2D eigenvalue weighted by molar-refractivity contribution is 7.89. The Kier molecular flexibility index (Phi) is 4.37. The van der Waals surface area contributed by atoms with Gasteiger partial charge in [0.05, 0.1) is 0 Å². The largest absolute Gasteiger partial charge is 0.374 e. The Bertz CT molecular complexity index is 148. The summed E-state index contributed by atoms with van der Waals surface area (Å²) in [6.45, 7) is 2.43. The van der Waals surface area contributed by atoms with Gasteiger partial charge in [0.1, 0.15) is 4.99 Å². The molecule has 6 heteroatoms. The molecule has 0 aliphatic rings. The first-order valence-corrected chi connectivity index (χ1v) is 3.41. The van der Waals surface area contributed by atoms with E-state index in [2.05, 4.69) is 29.8 Å². The molecular formula is C4H8N2O2S2. The van der Waals surface area contributed by atoms with Crippen molar-refractivity contribution in [2.45, 2.75) is 6.92 Å². The number of thiocarbonyl (C=S) groups is 2. The number of nitrogens with zero attached hydrogens (tertiary/aromatic N) is 1. The van der Waals surface area contributed by atoms with Crippen LogP contribution >= 0.6 is 24.4 Å². The third kappa shape index (κ3) is 3.02. The van der Waals surface area contributed by atoms with E-state index in [1.54, 1.807) is 0 Å². The molecule has 0 radical (unpaired) electrons. The fourth-order valence-electron chi connectivity index (χ4n) is 0.327. The number of nitrogens with one attached hydrogen (secondary N) is 1. The summed E-state index contributed by atoms with van der Waals surface area (Å²) in [7, 11) is 0. The van der Waals surface area contributed by atoms with Gasteiger partial charge in [-0.2, -0.15) is 0 Å². The molecule has 0 aromatic rings. The van der Waals surface area contributed by atoms with Crippen molar-refractivity contribution in [3.05, 3.63) is 0 Å². The zero-order valence-electron chi connectivity index (χ0n) is 5.37. The fraction of sp³-hybridized carbons (Fsp3) is 0.500. The molecule has 0 aliphatic heterocycles. The molecule has 0 amide bonds. The maximum Gasteiger partial charge on any atom is 0.191 e. The van der Waals surface area contributed by atoms with Gasteiger partial charge in [0.15, 0.2) is 4.99 Å². The Morgan fingerprint density at radius 3 is 2.30 bits per heavy atom. The second kappa shape index (κ2) is 4.51. The predicted octanol–water partition coefficient (Wildman–Crippen LogP) is 0.331. The van der Waals surface area contributed by atoms with E-state index in [1.165, 1.54) is 0 Å². The molecule has 0 saturated carbocycles. The maximum absolute atomic E-state index is 8.34. The van der Waals surface area contributed by atoms with Crippen LogP contribution in [0.15, 0.2) is 0 Å². The van der Waals surface area contributed by atoms with Crippen LogP contribution in [0.25, 0.3) is 0 Å². The number of hydrogen-bond acceptors (Lipinski definition) is 4. The average molecular weight is 180 g/mol. The highest BCUT2D eigenvalue weighted by Gasteiger charge is 2.07. The molecule has 0 aliphatic carbocycles. The van der Waals surface area contributed by atoms with Gasteiger partial charge in [-0.05, 0) is 6.92 Å². The molecule has 0 bridgehead atoms. The van der Waals surface area contributed by atoms with E-state index in [0.717, 1.165) is 0 Å². The third-order valence-corrected chi connectivity index (χ3v) is 1.55. The van der Waals surface area contributed by atoms with Crippen LogP contribution in [0.1, 0.15) is 6.92 Å². The molecule has 0 saturated heterocycles. The van der Waals surface area contributed by atoms with Crippen molar-refractivity contribution in [1.29, 1.82) is 0 Å². The van der Waals surface area contributed by atoms with Gasteiger partial charge >= 0.3 is 0 Å². The quantitative estimate of drug-likeness (QED) is 0.399. The highest BCUT2D eigenvalue weighted by Crippen LogP contribution is 1.84. The van der Waals surface area contributed by atoms with Gasteiger partial charge in [0.25, 0.3) is 0 Å². The lowest BCUT2D eigenvalue weighted by atomic mass is 10.6. The molecule has 58 valence electrons. The molecule has 0 unspecified atom stereocenters. The summed E-state index contributed by atoms with van der Waals surface area (Å²) in [6, 6.07) is 0. The van der Waals surface area contributed by atoms with E-state index in [9.17, 15) is 0 Å². The smallest absolute Gasteiger partial charge is 0.191 e. The molecule has 0 atom stereocenters. The Morgan fingerprint density at radius 1 is 1.50 bits per heavy atom. The van der Waals surface area contributed by atoms with E-state index in [4.69, 9.17) is 10.4 Å². The molecule has 3 N–H and O–H groups in total. The molecule has 0 heterocycles. The van der Waals surface area contributed by atoms with E-state index >= 15 is 0 Å². The normalized spacial score (nSPS) is 8.70. The predicted molar refractivity (Wildman–Crippen MR) is 44.3 cm³/mol. The molecule has 10 heavy (non-hydrogen) atoms. The topological polar surface area (TPSA) is 55.7 Å². The Balaban J connectivity index is 3.83. The Labute approximate surface area is 69.4 Å². The molecular weight excluding hydrogens is 172 g/mol. The first-order chi connectivity index (χ1) is 4.59. The average Bonchev–Trinajstić information content (AvgIpc) is 1.87. The van der Waals surface area contributed by atoms with Crippen LogP contribution in [0, 0.1) is 0 Å². The van der Waals surface area contributed by atoms with Gasteiger partial charge in [-0.1, -0.05) is 24.4 Å². The molecule has 4 nitrogen and oxygen atoms in total. The zero-order valence-corrected chi connectivity index (χ0v) is 7.00. The van der Waals surface area contributed by atoms with Gasteiger partial charge in [0, 0.05) is 6.54 Å². The molecule has 0 fully saturated rings. The minimum Gasteiger partial charge on any atom is -0.374 e. The second-order valence-electron chi connectivity index (χ2n) is 1.45. The summed E-state index contributed by atoms with van der Waals surface area (Å²) in [4.78, 5) is -0.0423. The van der Waals surface area contributed by atoms with Crippen LogP contribution in [0.5, 0.6) is 0 Å². The lowest BCUT2D eigenvalue weighted by molar-refractivity contribution is -0.240. The zero-order chi connectivity index (χ0) is 8.15. The minimum absolute atomic E-state index is 0.155. The maximum atomic E-state index is 8.34. The summed E-state index contributed by atoms with van der Waals surface area (Å²) >= 11 is 9.13. The van der Waals surface area contributed by atoms with Gasteiger partial charge in [-0.3, -0.25) is 10.4 Å². The minimum atomic E-state index is -0.197. The summed E-state index contributed by atoms with van der Waals surface area (Å²) < 4.78 is 0. The van der Waals surface area contributed by atoms with E-state index in [0.29, 0.717) is 6.54 Å². The molecule has 0 rings (SSSR count). The number of hydrogen-bond donors (Lipinski definition) is 3. The summed E-state index contributed by atoms with van der Waals surface area (Å²) in [5, 5.41) is 19.2. The van der Waals surface area contributed by atoms with Crippen molar-refractivity contribution in [2.75, 3.05) is 6.54 Å². The molecule has 0 aromatic carbocycles. The fourth-order valence-corrected chi connectivity index (χ4v) is 0.625. The Morgan fingerprint density at radius 2 is 2.00 bits per heavy atom. The van der Waals surface area contributed by atoms with Crippen molar-refractivity contribution in [1.82, 2.24) is 10.5 Å². The first kappa shape index (κ1) is 9.70. The lowest BCUT2D eigenvalue weighted by Crippen LogP contribution is -2.36. The second-order valence-corrected chi connectivity index (χ2v) is 2.25.